The van der Waals surface area contributed by atoms with Crippen LogP contribution in [0.1, 0.15) is 123 Å². The Morgan fingerprint density at radius 1 is 0.615 bits per heavy atom. The van der Waals surface area contributed by atoms with Crippen LogP contribution in [0.3, 0.4) is 0 Å². The van der Waals surface area contributed by atoms with E-state index in [4.69, 9.17) is 23.6 Å². The highest BCUT2D eigenvalue weighted by Gasteiger charge is 2.56. The molecule has 0 aromatic carbocycles. The van der Waals surface area contributed by atoms with E-state index in [1.165, 1.54) is 51.4 Å². The first kappa shape index (κ1) is 49.7. The molecule has 0 aromatic heterocycles. The number of thioether (sulfide) groups is 1. The zero-order valence-electron chi connectivity index (χ0n) is 29.9. The second-order valence-corrected chi connectivity index (χ2v) is 17.7. The van der Waals surface area contributed by atoms with Crippen LogP contribution in [0.5, 0.6) is 0 Å². The lowest BCUT2D eigenvalue weighted by atomic mass is 9.85. The summed E-state index contributed by atoms with van der Waals surface area (Å²) in [6.45, 7) is 3.28. The maximum atomic E-state index is 12.9. The van der Waals surface area contributed by atoms with Gasteiger partial charge in [0.25, 0.3) is 0 Å². The summed E-state index contributed by atoms with van der Waals surface area (Å²) >= 11 is 0.978. The van der Waals surface area contributed by atoms with E-state index in [1.54, 1.807) is 0 Å². The third-order valence-corrected chi connectivity index (χ3v) is 11.1. The number of aliphatic hydroxyl groups excluding tert-OH is 3. The van der Waals surface area contributed by atoms with E-state index in [2.05, 4.69) is 16.0 Å². The van der Waals surface area contributed by atoms with Crippen molar-refractivity contribution in [2.45, 2.75) is 166 Å². The van der Waals surface area contributed by atoms with Gasteiger partial charge in [0.15, 0.2) is 5.12 Å². The topological polar surface area (TPSA) is 293 Å². The fraction of sp³-hybridized carbons (Fsp3) is 0.933. The van der Waals surface area contributed by atoms with Gasteiger partial charge in [-0.3, -0.25) is 27.7 Å². The molecule has 308 valence electrons. The van der Waals surface area contributed by atoms with Gasteiger partial charge in [-0.25, -0.2) is 13.7 Å². The lowest BCUT2D eigenvalue weighted by Crippen LogP contribution is -2.65. The van der Waals surface area contributed by atoms with Crippen molar-refractivity contribution in [3.8, 4) is 0 Å². The molecule has 4 unspecified atom stereocenters. The SMILES string of the molecule is CCCCCCCCCCCCCCCC(=O)O[C@@H](CCSC(=O)CCC)COP(=O)(O)OC1C(O)[C@@H](O)[C@H](OP(=O)(O)O)[C@@H](OP(=O)(O)O)C1O. The molecule has 1 aliphatic rings. The Labute approximate surface area is 309 Å². The third-order valence-electron chi connectivity index (χ3n) is 8.16. The fourth-order valence-corrected chi connectivity index (χ4v) is 8.56. The zero-order chi connectivity index (χ0) is 39.4. The molecule has 1 aliphatic carbocycles. The summed E-state index contributed by atoms with van der Waals surface area (Å²) in [4.78, 5) is 71.8. The van der Waals surface area contributed by atoms with Gasteiger partial charge in [0.1, 0.15) is 42.7 Å². The normalized spacial score (nSPS) is 24.3. The van der Waals surface area contributed by atoms with Crippen LogP contribution in [-0.4, -0.2) is 106 Å². The summed E-state index contributed by atoms with van der Waals surface area (Å²) in [5.41, 5.74) is 0. The third kappa shape index (κ3) is 22.3. The fourth-order valence-electron chi connectivity index (χ4n) is 5.50. The van der Waals surface area contributed by atoms with Crippen molar-refractivity contribution < 1.29 is 85.9 Å². The predicted molar refractivity (Wildman–Crippen MR) is 190 cm³/mol. The van der Waals surface area contributed by atoms with Gasteiger partial charge in [-0.1, -0.05) is 103 Å². The van der Waals surface area contributed by atoms with Gasteiger partial charge in [0.2, 0.25) is 0 Å². The number of hydrogen-bond acceptors (Lipinski definition) is 14. The standard InChI is InChI=1S/C30H59O18P3S/c1-3-5-6-7-8-9-10-11-12-13-14-15-16-18-23(31)45-22(19-20-52-24(32)17-4-2)21-44-51(42,43)48-28-25(33)26(34)29(46-49(36,37)38)30(27(28)35)47-50(39,40)41/h22,25-30,33-35H,3-21H2,1-2H3,(H,42,43)(H2,36,37,38)(H2,39,40,41)/t22-,25?,26+,27?,28?,29-,30-/m0/s1. The van der Waals surface area contributed by atoms with Gasteiger partial charge in [0.05, 0.1) is 6.61 Å². The van der Waals surface area contributed by atoms with Gasteiger partial charge >= 0.3 is 29.4 Å². The lowest BCUT2D eigenvalue weighted by Gasteiger charge is -2.44. The van der Waals surface area contributed by atoms with E-state index in [1.807, 2.05) is 6.92 Å². The summed E-state index contributed by atoms with van der Waals surface area (Å²) in [5, 5.41) is 31.4. The number of ether oxygens (including phenoxy) is 1. The Morgan fingerprint density at radius 2 is 1.08 bits per heavy atom. The maximum absolute atomic E-state index is 12.9. The van der Waals surface area contributed by atoms with Crippen molar-refractivity contribution in [3.05, 3.63) is 0 Å². The molecule has 0 heterocycles. The number of hydrogen-bond donors (Lipinski definition) is 8. The monoisotopic (exact) mass is 832 g/mol. The molecule has 1 rings (SSSR count). The van der Waals surface area contributed by atoms with Crippen LogP contribution in [0.15, 0.2) is 0 Å². The number of carbonyl (C=O) groups is 2. The molecule has 8 atom stereocenters. The van der Waals surface area contributed by atoms with Crippen molar-refractivity contribution in [1.82, 2.24) is 0 Å². The predicted octanol–water partition coefficient (Wildman–Crippen LogP) is 4.38. The molecule has 1 saturated carbocycles. The van der Waals surface area contributed by atoms with E-state index in [9.17, 15) is 53.3 Å². The number of rotatable bonds is 29. The number of esters is 1. The van der Waals surface area contributed by atoms with E-state index in [-0.39, 0.29) is 23.7 Å². The summed E-state index contributed by atoms with van der Waals surface area (Å²) in [5.74, 6) is -0.436. The van der Waals surface area contributed by atoms with Gasteiger partial charge in [-0.15, -0.1) is 0 Å². The van der Waals surface area contributed by atoms with Crippen molar-refractivity contribution >= 4 is 46.3 Å². The first-order valence-electron chi connectivity index (χ1n) is 17.8. The molecule has 52 heavy (non-hydrogen) atoms. The second kappa shape index (κ2) is 25.8. The number of aliphatic hydroxyl groups is 3. The maximum Gasteiger partial charge on any atom is 0.472 e. The summed E-state index contributed by atoms with van der Waals surface area (Å²) in [6.07, 6.45) is -0.289. The Hall–Kier alpha value is -0.300. The average Bonchev–Trinajstić information content (AvgIpc) is 3.04. The minimum Gasteiger partial charge on any atom is -0.460 e. The molecule has 0 amide bonds. The Kier molecular flexibility index (Phi) is 24.6. The summed E-state index contributed by atoms with van der Waals surface area (Å²) < 4.78 is 59.6. The average molecular weight is 833 g/mol. The number of carbonyl (C=O) groups excluding carboxylic acids is 2. The minimum atomic E-state index is -5.56. The van der Waals surface area contributed by atoms with Crippen molar-refractivity contribution in [2.75, 3.05) is 12.4 Å². The molecule has 0 spiro atoms. The quantitative estimate of drug-likeness (QED) is 0.0295. The van der Waals surface area contributed by atoms with Crippen LogP contribution in [0.4, 0.5) is 0 Å². The number of unbranched alkanes of at least 4 members (excludes halogenated alkanes) is 12. The minimum absolute atomic E-state index is 0.0252. The second-order valence-electron chi connectivity index (χ2n) is 12.8. The van der Waals surface area contributed by atoms with Crippen LogP contribution in [0, 0.1) is 0 Å². The molecule has 0 saturated heterocycles. The molecule has 18 nitrogen and oxygen atoms in total. The van der Waals surface area contributed by atoms with Crippen LogP contribution < -0.4 is 0 Å². The van der Waals surface area contributed by atoms with Crippen LogP contribution >= 0.6 is 35.2 Å². The van der Waals surface area contributed by atoms with Crippen LogP contribution in [0.2, 0.25) is 0 Å². The Balaban J connectivity index is 2.75. The number of phosphoric ester groups is 3. The lowest BCUT2D eigenvalue weighted by molar-refractivity contribution is -0.213. The first-order valence-corrected chi connectivity index (χ1v) is 23.4. The van der Waals surface area contributed by atoms with Crippen molar-refractivity contribution in [3.63, 3.8) is 0 Å². The van der Waals surface area contributed by atoms with E-state index < -0.39 is 78.8 Å². The molecular weight excluding hydrogens is 773 g/mol. The Morgan fingerprint density at radius 3 is 1.56 bits per heavy atom. The van der Waals surface area contributed by atoms with E-state index in [0.717, 1.165) is 37.4 Å². The van der Waals surface area contributed by atoms with Gasteiger partial charge in [-0.2, -0.15) is 0 Å². The van der Waals surface area contributed by atoms with Crippen LogP contribution in [0.25, 0.3) is 0 Å². The molecule has 8 N–H and O–H groups in total. The largest absolute Gasteiger partial charge is 0.472 e. The molecule has 0 bridgehead atoms. The van der Waals surface area contributed by atoms with E-state index >= 15 is 0 Å². The first-order chi connectivity index (χ1) is 24.3. The Bertz CT molecular complexity index is 1170. The van der Waals surface area contributed by atoms with Crippen molar-refractivity contribution in [2.24, 2.45) is 0 Å². The van der Waals surface area contributed by atoms with Gasteiger partial charge < -0.3 is 44.5 Å². The molecule has 22 heteroatoms. The smallest absolute Gasteiger partial charge is 0.460 e. The van der Waals surface area contributed by atoms with Crippen molar-refractivity contribution in [1.29, 1.82) is 0 Å². The number of phosphoric acid groups is 3. The highest BCUT2D eigenvalue weighted by atomic mass is 32.2. The molecule has 0 radical (unpaired) electrons. The van der Waals surface area contributed by atoms with E-state index in [0.29, 0.717) is 19.3 Å². The van der Waals surface area contributed by atoms with Crippen LogP contribution in [-0.2, 0) is 46.1 Å². The zero-order valence-corrected chi connectivity index (χ0v) is 33.4. The molecular formula is C30H59O18P3S. The van der Waals surface area contributed by atoms with Gasteiger partial charge in [0, 0.05) is 18.6 Å². The molecule has 0 aromatic rings. The highest BCUT2D eigenvalue weighted by Crippen LogP contribution is 2.51. The molecule has 0 aliphatic heterocycles. The molecule has 1 fully saturated rings. The highest BCUT2D eigenvalue weighted by molar-refractivity contribution is 8.13. The van der Waals surface area contributed by atoms with Gasteiger partial charge in [-0.05, 0) is 19.3 Å². The summed E-state index contributed by atoms with van der Waals surface area (Å²) in [6, 6.07) is 0. The summed E-state index contributed by atoms with van der Waals surface area (Å²) in [7, 11) is -16.4.